The molecule has 0 aliphatic carbocycles. The van der Waals surface area contributed by atoms with Crippen LogP contribution in [-0.4, -0.2) is 29.6 Å². The summed E-state index contributed by atoms with van der Waals surface area (Å²) in [4.78, 5) is 17.1. The first kappa shape index (κ1) is 22.3. The molecule has 0 aliphatic heterocycles. The van der Waals surface area contributed by atoms with E-state index in [1.165, 1.54) is 23.9 Å². The van der Waals surface area contributed by atoms with Crippen LogP contribution in [0.2, 0.25) is 0 Å². The molecule has 160 valence electrons. The second-order valence-corrected chi connectivity index (χ2v) is 9.68. The lowest BCUT2D eigenvalue weighted by molar-refractivity contribution is -0.113. The van der Waals surface area contributed by atoms with Crippen molar-refractivity contribution in [1.29, 1.82) is 0 Å². The minimum absolute atomic E-state index is 0.0272. The fraction of sp³-hybridized carbons (Fsp3) is 0.333. The third-order valence-corrected chi connectivity index (χ3v) is 6.85. The molecular formula is C21H26N4O3S2. The fourth-order valence-electron chi connectivity index (χ4n) is 3.11. The minimum atomic E-state index is -3.80. The zero-order valence-corrected chi connectivity index (χ0v) is 18.9. The van der Waals surface area contributed by atoms with Gasteiger partial charge in [-0.2, -0.15) is 0 Å². The van der Waals surface area contributed by atoms with Crippen molar-refractivity contribution in [1.82, 2.24) is 9.55 Å². The van der Waals surface area contributed by atoms with Gasteiger partial charge in [-0.15, -0.1) is 0 Å². The smallest absolute Gasteiger partial charge is 0.238 e. The summed E-state index contributed by atoms with van der Waals surface area (Å²) in [5, 5.41) is 8.88. The number of rotatable bonds is 8. The number of thioether (sulfide) groups is 1. The molecule has 0 spiro atoms. The second kappa shape index (κ2) is 9.20. The van der Waals surface area contributed by atoms with Crippen molar-refractivity contribution >= 4 is 44.4 Å². The van der Waals surface area contributed by atoms with Crippen molar-refractivity contribution in [2.24, 2.45) is 5.14 Å². The Morgan fingerprint density at radius 3 is 2.70 bits per heavy atom. The molecule has 0 atom stereocenters. The highest BCUT2D eigenvalue weighted by atomic mass is 32.2. The van der Waals surface area contributed by atoms with E-state index < -0.39 is 10.0 Å². The highest BCUT2D eigenvalue weighted by Crippen LogP contribution is 2.27. The number of benzene rings is 2. The van der Waals surface area contributed by atoms with Gasteiger partial charge < -0.3 is 9.88 Å². The number of anilines is 1. The Morgan fingerprint density at radius 2 is 2.00 bits per heavy atom. The van der Waals surface area contributed by atoms with Crippen LogP contribution in [0.1, 0.15) is 30.9 Å². The van der Waals surface area contributed by atoms with Crippen LogP contribution >= 0.6 is 11.8 Å². The number of fused-ring (bicyclic) bond motifs is 1. The summed E-state index contributed by atoms with van der Waals surface area (Å²) in [5.74, 6) is 0.0817. The van der Waals surface area contributed by atoms with Crippen molar-refractivity contribution in [3.8, 4) is 0 Å². The number of nitrogens with two attached hydrogens (primary N) is 1. The van der Waals surface area contributed by atoms with E-state index in [0.717, 1.165) is 41.7 Å². The number of primary sulfonamides is 1. The fourth-order valence-corrected chi connectivity index (χ4v) is 4.48. The number of amides is 1. The van der Waals surface area contributed by atoms with Crippen LogP contribution in [0, 0.1) is 13.8 Å². The molecule has 2 aromatic carbocycles. The highest BCUT2D eigenvalue weighted by molar-refractivity contribution is 7.99. The van der Waals surface area contributed by atoms with Gasteiger partial charge in [0.15, 0.2) is 5.16 Å². The number of unbranched alkanes of at least 4 members (excludes halogenated alkanes) is 1. The summed E-state index contributed by atoms with van der Waals surface area (Å²) in [6.45, 7) is 6.82. The summed E-state index contributed by atoms with van der Waals surface area (Å²) in [6, 6.07) is 10.5. The van der Waals surface area contributed by atoms with Gasteiger partial charge >= 0.3 is 0 Å². The highest BCUT2D eigenvalue weighted by Gasteiger charge is 2.16. The lowest BCUT2D eigenvalue weighted by Crippen LogP contribution is -2.15. The molecule has 0 saturated carbocycles. The molecule has 1 amide bonds. The molecule has 1 heterocycles. The zero-order chi connectivity index (χ0) is 21.9. The largest absolute Gasteiger partial charge is 0.325 e. The Morgan fingerprint density at radius 1 is 1.23 bits per heavy atom. The van der Waals surface area contributed by atoms with Gasteiger partial charge in [-0.3, -0.25) is 4.79 Å². The molecule has 9 heteroatoms. The molecule has 0 radical (unpaired) electrons. The predicted octanol–water partition coefficient (Wildman–Crippen LogP) is 3.83. The van der Waals surface area contributed by atoms with Gasteiger partial charge in [0, 0.05) is 12.2 Å². The number of hydrogen-bond acceptors (Lipinski definition) is 5. The van der Waals surface area contributed by atoms with E-state index in [1.54, 1.807) is 6.07 Å². The lowest BCUT2D eigenvalue weighted by atomic mass is 10.1. The van der Waals surface area contributed by atoms with Crippen molar-refractivity contribution in [2.75, 3.05) is 11.1 Å². The average molecular weight is 447 g/mol. The number of nitrogens with one attached hydrogen (secondary N) is 1. The monoisotopic (exact) mass is 446 g/mol. The number of aryl methyl sites for hydroxylation is 2. The quantitative estimate of drug-likeness (QED) is 0.511. The van der Waals surface area contributed by atoms with Gasteiger partial charge in [-0.1, -0.05) is 37.2 Å². The number of aromatic nitrogens is 2. The maximum absolute atomic E-state index is 12.5. The van der Waals surface area contributed by atoms with Gasteiger partial charge in [-0.25, -0.2) is 18.5 Å². The number of carbonyl (C=O) groups excluding carboxylic acids is 1. The van der Waals surface area contributed by atoms with Crippen LogP contribution in [0.5, 0.6) is 0 Å². The van der Waals surface area contributed by atoms with Crippen LogP contribution in [-0.2, 0) is 21.4 Å². The van der Waals surface area contributed by atoms with Crippen LogP contribution in [0.4, 0.5) is 5.69 Å². The van der Waals surface area contributed by atoms with E-state index in [4.69, 9.17) is 5.14 Å². The minimum Gasteiger partial charge on any atom is -0.325 e. The predicted molar refractivity (Wildman–Crippen MR) is 121 cm³/mol. The topological polar surface area (TPSA) is 107 Å². The van der Waals surface area contributed by atoms with Crippen LogP contribution in [0.25, 0.3) is 11.0 Å². The van der Waals surface area contributed by atoms with E-state index in [2.05, 4.69) is 17.2 Å². The van der Waals surface area contributed by atoms with Gasteiger partial charge in [0.1, 0.15) is 0 Å². The molecule has 3 aromatic rings. The maximum atomic E-state index is 12.5. The standard InChI is InChI=1S/C21H26N4O3S2/c1-4-5-11-25-19-10-9-16(30(22,27)28)12-18(19)24-21(25)29-13-20(26)23-17-8-6-7-14(2)15(17)3/h6-10,12H,4-5,11,13H2,1-3H3,(H,23,26)(H2,22,27,28). The van der Waals surface area contributed by atoms with Crippen LogP contribution in [0.15, 0.2) is 46.5 Å². The first-order valence-electron chi connectivity index (χ1n) is 9.72. The van der Waals surface area contributed by atoms with E-state index >= 15 is 0 Å². The molecular weight excluding hydrogens is 420 g/mol. The molecule has 3 N–H and O–H groups in total. The van der Waals surface area contributed by atoms with Crippen molar-refractivity contribution < 1.29 is 13.2 Å². The first-order chi connectivity index (χ1) is 14.2. The number of imidazole rings is 1. The summed E-state index contributed by atoms with van der Waals surface area (Å²) >= 11 is 1.33. The number of carbonyl (C=O) groups is 1. The molecule has 0 saturated heterocycles. The van der Waals surface area contributed by atoms with E-state index in [1.807, 2.05) is 36.6 Å². The van der Waals surface area contributed by atoms with E-state index in [-0.39, 0.29) is 16.6 Å². The molecule has 0 bridgehead atoms. The molecule has 0 aliphatic rings. The number of hydrogen-bond donors (Lipinski definition) is 2. The Balaban J connectivity index is 1.83. The second-order valence-electron chi connectivity index (χ2n) is 7.18. The normalized spacial score (nSPS) is 11.7. The molecule has 0 fully saturated rings. The zero-order valence-electron chi connectivity index (χ0n) is 17.3. The van der Waals surface area contributed by atoms with Crippen molar-refractivity contribution in [2.45, 2.75) is 50.2 Å². The summed E-state index contributed by atoms with van der Waals surface area (Å²) in [7, 11) is -3.80. The number of sulfonamides is 1. The summed E-state index contributed by atoms with van der Waals surface area (Å²) < 4.78 is 25.4. The third-order valence-electron chi connectivity index (χ3n) is 4.96. The Hall–Kier alpha value is -2.36. The van der Waals surface area contributed by atoms with E-state index in [0.29, 0.717) is 10.7 Å². The first-order valence-corrected chi connectivity index (χ1v) is 12.3. The lowest BCUT2D eigenvalue weighted by Gasteiger charge is -2.11. The molecule has 3 rings (SSSR count). The van der Waals surface area contributed by atoms with Gasteiger partial charge in [-0.05, 0) is 55.7 Å². The SMILES string of the molecule is CCCCn1c(SCC(=O)Nc2cccc(C)c2C)nc2cc(S(N)(=O)=O)ccc21. The van der Waals surface area contributed by atoms with Crippen molar-refractivity contribution in [3.63, 3.8) is 0 Å². The Kier molecular flexibility index (Phi) is 6.84. The molecule has 0 unspecified atom stereocenters. The molecule has 30 heavy (non-hydrogen) atoms. The van der Waals surface area contributed by atoms with Crippen molar-refractivity contribution in [3.05, 3.63) is 47.5 Å². The van der Waals surface area contributed by atoms with Gasteiger partial charge in [0.2, 0.25) is 15.9 Å². The van der Waals surface area contributed by atoms with E-state index in [9.17, 15) is 13.2 Å². The van der Waals surface area contributed by atoms with Gasteiger partial charge in [0.05, 0.1) is 21.7 Å². The average Bonchev–Trinajstić information content (AvgIpc) is 3.04. The molecule has 1 aromatic heterocycles. The summed E-state index contributed by atoms with van der Waals surface area (Å²) in [6.07, 6.45) is 1.96. The molecule has 7 nitrogen and oxygen atoms in total. The maximum Gasteiger partial charge on any atom is 0.238 e. The number of nitrogens with zero attached hydrogens (tertiary/aromatic N) is 2. The van der Waals surface area contributed by atoms with Crippen LogP contribution in [0.3, 0.4) is 0 Å². The summed E-state index contributed by atoms with van der Waals surface area (Å²) in [5.41, 5.74) is 4.34. The van der Waals surface area contributed by atoms with Crippen LogP contribution < -0.4 is 10.5 Å². The third kappa shape index (κ3) is 5.03. The Bertz CT molecular complexity index is 1190. The van der Waals surface area contributed by atoms with Gasteiger partial charge in [0.25, 0.3) is 0 Å². The Labute approximate surface area is 181 Å².